The van der Waals surface area contributed by atoms with E-state index in [4.69, 9.17) is 16.3 Å². The number of rotatable bonds is 5. The lowest BCUT2D eigenvalue weighted by Crippen LogP contribution is -2.18. The Bertz CT molecular complexity index is 528. The van der Waals surface area contributed by atoms with Gasteiger partial charge in [0.25, 0.3) is 0 Å². The molecule has 2 aromatic rings. The first-order valence-electron chi connectivity index (χ1n) is 6.19. The fourth-order valence-electron chi connectivity index (χ4n) is 1.91. The van der Waals surface area contributed by atoms with E-state index in [9.17, 15) is 0 Å². The molecule has 19 heavy (non-hydrogen) atoms. The molecule has 1 aromatic heterocycles. The summed E-state index contributed by atoms with van der Waals surface area (Å²) in [6.45, 7) is 2.12. The molecule has 1 heterocycles. The van der Waals surface area contributed by atoms with Crippen LogP contribution in [-0.2, 0) is 6.42 Å². The zero-order chi connectivity index (χ0) is 13.7. The van der Waals surface area contributed by atoms with Crippen LogP contribution in [0.15, 0.2) is 42.5 Å². The maximum Gasteiger partial charge on any atom is 0.131 e. The van der Waals surface area contributed by atoms with E-state index < -0.39 is 0 Å². The fraction of sp³-hybridized carbons (Fsp3) is 0.267. The monoisotopic (exact) mass is 276 g/mol. The fourth-order valence-corrected chi connectivity index (χ4v) is 2.07. The van der Waals surface area contributed by atoms with Crippen LogP contribution in [0.4, 0.5) is 5.82 Å². The van der Waals surface area contributed by atoms with E-state index >= 15 is 0 Å². The molecule has 1 N–H and O–H groups in total. The molecule has 0 aliphatic carbocycles. The molecule has 0 saturated carbocycles. The van der Waals surface area contributed by atoms with Crippen LogP contribution in [0.3, 0.4) is 0 Å². The van der Waals surface area contributed by atoms with Crippen molar-refractivity contribution in [1.82, 2.24) is 4.98 Å². The summed E-state index contributed by atoms with van der Waals surface area (Å²) >= 11 is 5.86. The van der Waals surface area contributed by atoms with E-state index in [1.165, 1.54) is 5.56 Å². The van der Waals surface area contributed by atoms with Gasteiger partial charge in [0, 0.05) is 6.04 Å². The van der Waals surface area contributed by atoms with Crippen molar-refractivity contribution >= 4 is 17.4 Å². The highest BCUT2D eigenvalue weighted by Gasteiger charge is 2.05. The van der Waals surface area contributed by atoms with Crippen molar-refractivity contribution < 1.29 is 4.74 Å². The summed E-state index contributed by atoms with van der Waals surface area (Å²) < 4.78 is 5.14. The summed E-state index contributed by atoms with van der Waals surface area (Å²) in [5.74, 6) is 1.68. The van der Waals surface area contributed by atoms with Gasteiger partial charge in [-0.05, 0) is 43.2 Å². The molecule has 1 unspecified atom stereocenters. The number of nitrogens with zero attached hydrogens (tertiary/aromatic N) is 1. The second kappa shape index (κ2) is 6.43. The molecular weight excluding hydrogens is 260 g/mol. The maximum atomic E-state index is 5.86. The molecule has 4 heteroatoms. The summed E-state index contributed by atoms with van der Waals surface area (Å²) in [5.41, 5.74) is 1.25. The van der Waals surface area contributed by atoms with Crippen molar-refractivity contribution in [2.24, 2.45) is 0 Å². The van der Waals surface area contributed by atoms with Gasteiger partial charge >= 0.3 is 0 Å². The first-order valence-corrected chi connectivity index (χ1v) is 6.57. The number of hydrogen-bond acceptors (Lipinski definition) is 3. The van der Waals surface area contributed by atoms with Crippen molar-refractivity contribution in [3.05, 3.63) is 53.2 Å². The lowest BCUT2D eigenvalue weighted by Gasteiger charge is -2.14. The predicted molar refractivity (Wildman–Crippen MR) is 79.0 cm³/mol. The van der Waals surface area contributed by atoms with E-state index in [1.807, 2.05) is 24.3 Å². The van der Waals surface area contributed by atoms with Gasteiger partial charge in [-0.3, -0.25) is 0 Å². The third kappa shape index (κ3) is 4.14. The second-order valence-corrected chi connectivity index (χ2v) is 4.83. The number of hydrogen-bond donors (Lipinski definition) is 1. The number of anilines is 1. The van der Waals surface area contributed by atoms with Crippen LogP contribution in [0.2, 0.25) is 5.15 Å². The third-order valence-electron chi connectivity index (χ3n) is 2.81. The lowest BCUT2D eigenvalue weighted by molar-refractivity contribution is 0.414. The van der Waals surface area contributed by atoms with Crippen molar-refractivity contribution in [2.45, 2.75) is 19.4 Å². The molecule has 1 atom stereocenters. The topological polar surface area (TPSA) is 34.1 Å². The Hall–Kier alpha value is -1.74. The number of benzene rings is 1. The predicted octanol–water partition coefficient (Wildman–Crippen LogP) is 3.79. The average Bonchev–Trinajstić information content (AvgIpc) is 2.39. The van der Waals surface area contributed by atoms with E-state index in [0.717, 1.165) is 18.0 Å². The first kappa shape index (κ1) is 13.7. The molecule has 0 aliphatic rings. The molecule has 0 spiro atoms. The largest absolute Gasteiger partial charge is 0.497 e. The molecule has 0 fully saturated rings. The van der Waals surface area contributed by atoms with E-state index in [-0.39, 0.29) is 6.04 Å². The second-order valence-electron chi connectivity index (χ2n) is 4.44. The molecule has 0 radical (unpaired) electrons. The quantitative estimate of drug-likeness (QED) is 0.844. The molecule has 0 saturated heterocycles. The number of methoxy groups -OCH3 is 1. The van der Waals surface area contributed by atoms with Gasteiger partial charge in [-0.2, -0.15) is 0 Å². The van der Waals surface area contributed by atoms with Crippen LogP contribution in [-0.4, -0.2) is 18.1 Å². The van der Waals surface area contributed by atoms with Gasteiger partial charge in [0.15, 0.2) is 0 Å². The molecular formula is C15H17ClN2O. The average molecular weight is 277 g/mol. The third-order valence-corrected chi connectivity index (χ3v) is 3.02. The highest BCUT2D eigenvalue weighted by molar-refractivity contribution is 6.29. The van der Waals surface area contributed by atoms with Crippen molar-refractivity contribution in [3.63, 3.8) is 0 Å². The zero-order valence-corrected chi connectivity index (χ0v) is 11.8. The minimum absolute atomic E-state index is 0.277. The van der Waals surface area contributed by atoms with E-state index in [2.05, 4.69) is 29.4 Å². The normalized spacial score (nSPS) is 11.9. The number of aromatic nitrogens is 1. The van der Waals surface area contributed by atoms with Gasteiger partial charge in [-0.25, -0.2) is 4.98 Å². The summed E-state index contributed by atoms with van der Waals surface area (Å²) in [4.78, 5) is 4.22. The smallest absolute Gasteiger partial charge is 0.131 e. The Labute approximate surface area is 118 Å². The van der Waals surface area contributed by atoms with Gasteiger partial charge in [-0.1, -0.05) is 29.8 Å². The summed E-state index contributed by atoms with van der Waals surface area (Å²) in [7, 11) is 1.67. The van der Waals surface area contributed by atoms with Crippen molar-refractivity contribution in [3.8, 4) is 5.75 Å². The van der Waals surface area contributed by atoms with Crippen LogP contribution in [0, 0.1) is 0 Å². The molecule has 3 nitrogen and oxygen atoms in total. The summed E-state index contributed by atoms with van der Waals surface area (Å²) in [6.07, 6.45) is 0.915. The van der Waals surface area contributed by atoms with Gasteiger partial charge < -0.3 is 10.1 Å². The van der Waals surface area contributed by atoms with Gasteiger partial charge in [0.05, 0.1) is 7.11 Å². The van der Waals surface area contributed by atoms with Crippen LogP contribution < -0.4 is 10.1 Å². The van der Waals surface area contributed by atoms with Crippen LogP contribution in [0.5, 0.6) is 5.75 Å². The Morgan fingerprint density at radius 3 is 2.58 bits per heavy atom. The lowest BCUT2D eigenvalue weighted by atomic mass is 10.1. The highest BCUT2D eigenvalue weighted by Crippen LogP contribution is 2.15. The Balaban J connectivity index is 1.95. The Morgan fingerprint density at radius 2 is 1.95 bits per heavy atom. The minimum Gasteiger partial charge on any atom is -0.497 e. The van der Waals surface area contributed by atoms with E-state index in [1.54, 1.807) is 13.2 Å². The SMILES string of the molecule is COc1ccc(CC(C)Nc2cccc(Cl)n2)cc1. The molecule has 2 rings (SSSR count). The van der Waals surface area contributed by atoms with Crippen LogP contribution in [0.1, 0.15) is 12.5 Å². The Kier molecular flexibility index (Phi) is 4.63. The maximum absolute atomic E-state index is 5.86. The molecule has 0 aliphatic heterocycles. The first-order chi connectivity index (χ1) is 9.17. The summed E-state index contributed by atoms with van der Waals surface area (Å²) in [6, 6.07) is 13.9. The minimum atomic E-state index is 0.277. The van der Waals surface area contributed by atoms with Crippen molar-refractivity contribution in [1.29, 1.82) is 0 Å². The molecule has 1 aromatic carbocycles. The van der Waals surface area contributed by atoms with Gasteiger partial charge in [-0.15, -0.1) is 0 Å². The molecule has 100 valence electrons. The number of nitrogens with one attached hydrogen (secondary N) is 1. The Morgan fingerprint density at radius 1 is 1.21 bits per heavy atom. The van der Waals surface area contributed by atoms with Crippen LogP contribution in [0.25, 0.3) is 0 Å². The molecule has 0 bridgehead atoms. The zero-order valence-electron chi connectivity index (χ0n) is 11.1. The standard InChI is InChI=1S/C15H17ClN2O/c1-11(17-15-5-3-4-14(16)18-15)10-12-6-8-13(19-2)9-7-12/h3-9,11H,10H2,1-2H3,(H,17,18). The van der Waals surface area contributed by atoms with Crippen molar-refractivity contribution in [2.75, 3.05) is 12.4 Å². The molecule has 0 amide bonds. The number of pyridine rings is 1. The summed E-state index contributed by atoms with van der Waals surface area (Å²) in [5, 5.41) is 3.83. The number of ether oxygens (including phenoxy) is 1. The van der Waals surface area contributed by atoms with Gasteiger partial charge in [0.1, 0.15) is 16.7 Å². The van der Waals surface area contributed by atoms with Gasteiger partial charge in [0.2, 0.25) is 0 Å². The van der Waals surface area contributed by atoms with Crippen LogP contribution >= 0.6 is 11.6 Å². The van der Waals surface area contributed by atoms with E-state index in [0.29, 0.717) is 5.15 Å². The number of halogens is 1. The highest BCUT2D eigenvalue weighted by atomic mass is 35.5.